The first-order chi connectivity index (χ1) is 11.8. The lowest BCUT2D eigenvalue weighted by atomic mass is 9.80. The third-order valence-electron chi connectivity index (χ3n) is 4.55. The standard InChI is InChI=1S/C16H19F6N3O/c1-14(2-4-25(23)5-3-14)13(26)24-9-10-6-11(15(17,18)19)8-12(7-10)16(20,21)22/h6-8H,2-5,9,23H2,1H3,(H,24,26). The summed E-state index contributed by atoms with van der Waals surface area (Å²) in [7, 11) is 0. The number of carbonyl (C=O) groups is 1. The Labute approximate surface area is 146 Å². The van der Waals surface area contributed by atoms with Gasteiger partial charge in [0.05, 0.1) is 11.1 Å². The zero-order valence-electron chi connectivity index (χ0n) is 14.0. The largest absolute Gasteiger partial charge is 0.416 e. The molecule has 1 aliphatic heterocycles. The van der Waals surface area contributed by atoms with Crippen LogP contribution in [0, 0.1) is 5.41 Å². The van der Waals surface area contributed by atoms with Crippen molar-refractivity contribution >= 4 is 5.91 Å². The van der Waals surface area contributed by atoms with Gasteiger partial charge in [-0.25, -0.2) is 5.01 Å². The van der Waals surface area contributed by atoms with Crippen LogP contribution >= 0.6 is 0 Å². The van der Waals surface area contributed by atoms with Gasteiger partial charge in [-0.3, -0.25) is 10.6 Å². The van der Waals surface area contributed by atoms with Crippen LogP contribution in [0.2, 0.25) is 0 Å². The lowest BCUT2D eigenvalue weighted by Crippen LogP contribution is -2.49. The highest BCUT2D eigenvalue weighted by atomic mass is 19.4. The van der Waals surface area contributed by atoms with Gasteiger partial charge in [0.2, 0.25) is 5.91 Å². The molecular weight excluding hydrogens is 364 g/mol. The van der Waals surface area contributed by atoms with E-state index in [1.807, 2.05) is 0 Å². The fourth-order valence-electron chi connectivity index (χ4n) is 2.76. The van der Waals surface area contributed by atoms with Crippen molar-refractivity contribution in [3.63, 3.8) is 0 Å². The fraction of sp³-hybridized carbons (Fsp3) is 0.562. The number of hydrazine groups is 1. The zero-order valence-corrected chi connectivity index (χ0v) is 14.0. The number of hydrogen-bond acceptors (Lipinski definition) is 3. The molecule has 1 fully saturated rings. The summed E-state index contributed by atoms with van der Waals surface area (Å²) >= 11 is 0. The zero-order chi connectivity index (χ0) is 19.8. The van der Waals surface area contributed by atoms with Crippen LogP contribution in [-0.2, 0) is 23.7 Å². The number of rotatable bonds is 3. The Morgan fingerprint density at radius 2 is 1.54 bits per heavy atom. The highest BCUT2D eigenvalue weighted by molar-refractivity contribution is 5.82. The van der Waals surface area contributed by atoms with Gasteiger partial charge < -0.3 is 5.32 Å². The van der Waals surface area contributed by atoms with Crippen molar-refractivity contribution in [1.29, 1.82) is 0 Å². The maximum Gasteiger partial charge on any atom is 0.416 e. The molecule has 1 aromatic carbocycles. The molecule has 0 bridgehead atoms. The molecule has 0 saturated carbocycles. The van der Waals surface area contributed by atoms with E-state index in [2.05, 4.69) is 5.32 Å². The molecular formula is C16H19F6N3O. The van der Waals surface area contributed by atoms with Crippen molar-refractivity contribution in [3.8, 4) is 0 Å². The number of benzene rings is 1. The first-order valence-electron chi connectivity index (χ1n) is 7.87. The van der Waals surface area contributed by atoms with E-state index < -0.39 is 41.3 Å². The Morgan fingerprint density at radius 3 is 1.96 bits per heavy atom. The van der Waals surface area contributed by atoms with E-state index in [4.69, 9.17) is 5.84 Å². The Hall–Kier alpha value is -1.81. The highest BCUT2D eigenvalue weighted by Gasteiger charge is 2.38. The summed E-state index contributed by atoms with van der Waals surface area (Å²) in [5, 5.41) is 4.00. The maximum atomic E-state index is 12.9. The van der Waals surface area contributed by atoms with Gasteiger partial charge >= 0.3 is 12.4 Å². The van der Waals surface area contributed by atoms with Crippen LogP contribution in [0.15, 0.2) is 18.2 Å². The number of piperidine rings is 1. The summed E-state index contributed by atoms with van der Waals surface area (Å²) in [6, 6.07) is 1.28. The average Bonchev–Trinajstić information content (AvgIpc) is 2.53. The van der Waals surface area contributed by atoms with E-state index >= 15 is 0 Å². The van der Waals surface area contributed by atoms with Crippen LogP contribution < -0.4 is 11.2 Å². The number of nitrogens with one attached hydrogen (secondary N) is 1. The molecule has 2 rings (SSSR count). The number of amides is 1. The number of halogens is 6. The van der Waals surface area contributed by atoms with Gasteiger partial charge in [0.1, 0.15) is 0 Å². The maximum absolute atomic E-state index is 12.9. The summed E-state index contributed by atoms with van der Waals surface area (Å²) < 4.78 is 77.1. The van der Waals surface area contributed by atoms with Crippen molar-refractivity contribution in [2.75, 3.05) is 13.1 Å². The first-order valence-corrected chi connectivity index (χ1v) is 7.87. The van der Waals surface area contributed by atoms with Gasteiger partial charge in [0.25, 0.3) is 0 Å². The Kier molecular flexibility index (Phi) is 5.57. The summed E-state index contributed by atoms with van der Waals surface area (Å²) in [5.74, 6) is 5.20. The summed E-state index contributed by atoms with van der Waals surface area (Å²) in [4.78, 5) is 12.3. The van der Waals surface area contributed by atoms with E-state index in [0.29, 0.717) is 38.1 Å². The Morgan fingerprint density at radius 1 is 1.08 bits per heavy atom. The molecule has 146 valence electrons. The average molecular weight is 383 g/mol. The molecule has 0 atom stereocenters. The number of nitrogens with zero attached hydrogens (tertiary/aromatic N) is 1. The number of alkyl halides is 6. The lowest BCUT2D eigenvalue weighted by Gasteiger charge is -2.36. The van der Waals surface area contributed by atoms with Gasteiger partial charge in [-0.1, -0.05) is 6.92 Å². The summed E-state index contributed by atoms with van der Waals surface area (Å²) in [6.07, 6.45) is -8.93. The van der Waals surface area contributed by atoms with Crippen LogP contribution in [0.25, 0.3) is 0 Å². The SMILES string of the molecule is CC1(C(=O)NCc2cc(C(F)(F)F)cc(C(F)(F)F)c2)CCN(N)CC1. The number of carbonyl (C=O) groups excluding carboxylic acids is 1. The highest BCUT2D eigenvalue weighted by Crippen LogP contribution is 2.36. The molecule has 4 nitrogen and oxygen atoms in total. The molecule has 0 aromatic heterocycles. The van der Waals surface area contributed by atoms with Gasteiger partial charge in [0, 0.05) is 25.0 Å². The van der Waals surface area contributed by atoms with E-state index in [-0.39, 0.29) is 11.6 Å². The minimum Gasteiger partial charge on any atom is -0.352 e. The van der Waals surface area contributed by atoms with Crippen LogP contribution in [0.1, 0.15) is 36.5 Å². The van der Waals surface area contributed by atoms with E-state index in [1.165, 1.54) is 0 Å². The van der Waals surface area contributed by atoms with Gasteiger partial charge in [-0.2, -0.15) is 26.3 Å². The molecule has 0 spiro atoms. The van der Waals surface area contributed by atoms with Gasteiger partial charge in [-0.15, -0.1) is 0 Å². The second kappa shape index (κ2) is 7.07. The van der Waals surface area contributed by atoms with Gasteiger partial charge in [-0.05, 0) is 36.6 Å². The number of hydrogen-bond donors (Lipinski definition) is 2. The normalized spacial score (nSPS) is 18.6. The van der Waals surface area contributed by atoms with Crippen molar-refractivity contribution in [1.82, 2.24) is 10.3 Å². The van der Waals surface area contributed by atoms with Gasteiger partial charge in [0.15, 0.2) is 0 Å². The quantitative estimate of drug-likeness (QED) is 0.622. The van der Waals surface area contributed by atoms with Crippen LogP contribution in [0.4, 0.5) is 26.3 Å². The molecule has 0 unspecified atom stereocenters. The van der Waals surface area contributed by atoms with E-state index in [9.17, 15) is 31.1 Å². The monoisotopic (exact) mass is 383 g/mol. The molecule has 1 amide bonds. The first kappa shape index (κ1) is 20.5. The van der Waals surface area contributed by atoms with Crippen molar-refractivity contribution < 1.29 is 31.1 Å². The molecule has 10 heteroatoms. The minimum absolute atomic E-state index is 0.0591. The molecule has 0 aliphatic carbocycles. The predicted octanol–water partition coefficient (Wildman–Crippen LogP) is 3.32. The number of nitrogens with two attached hydrogens (primary N) is 1. The Balaban J connectivity index is 2.17. The molecule has 3 N–H and O–H groups in total. The third-order valence-corrected chi connectivity index (χ3v) is 4.55. The molecule has 1 aliphatic rings. The molecule has 1 heterocycles. The van der Waals surface area contributed by atoms with Crippen LogP contribution in [0.3, 0.4) is 0 Å². The smallest absolute Gasteiger partial charge is 0.352 e. The summed E-state index contributed by atoms with van der Waals surface area (Å²) in [6.45, 7) is 2.23. The predicted molar refractivity (Wildman–Crippen MR) is 81.4 cm³/mol. The van der Waals surface area contributed by atoms with Crippen molar-refractivity contribution in [3.05, 3.63) is 34.9 Å². The molecule has 0 radical (unpaired) electrons. The Bertz CT molecular complexity index is 631. The summed E-state index contributed by atoms with van der Waals surface area (Å²) in [5.41, 5.74) is -3.83. The lowest BCUT2D eigenvalue weighted by molar-refractivity contribution is -0.143. The fourth-order valence-corrected chi connectivity index (χ4v) is 2.76. The van der Waals surface area contributed by atoms with Crippen molar-refractivity contribution in [2.45, 2.75) is 38.7 Å². The molecule has 1 aromatic rings. The van der Waals surface area contributed by atoms with Crippen LogP contribution in [0.5, 0.6) is 0 Å². The molecule has 1 saturated heterocycles. The topological polar surface area (TPSA) is 58.4 Å². The van der Waals surface area contributed by atoms with Crippen LogP contribution in [-0.4, -0.2) is 24.0 Å². The molecule has 26 heavy (non-hydrogen) atoms. The minimum atomic E-state index is -4.92. The third kappa shape index (κ3) is 4.88. The van der Waals surface area contributed by atoms with E-state index in [1.54, 1.807) is 11.9 Å². The second-order valence-corrected chi connectivity index (χ2v) is 6.69. The van der Waals surface area contributed by atoms with E-state index in [0.717, 1.165) is 0 Å². The van der Waals surface area contributed by atoms with Crippen molar-refractivity contribution in [2.24, 2.45) is 11.3 Å². The second-order valence-electron chi connectivity index (χ2n) is 6.69.